The summed E-state index contributed by atoms with van der Waals surface area (Å²) in [6, 6.07) is 26.5. The average Bonchev–Trinajstić information content (AvgIpc) is 3.24. The third kappa shape index (κ3) is 3.79. The first-order valence-corrected chi connectivity index (χ1v) is 10.0. The molecule has 5 aromatic rings. The van der Waals surface area contributed by atoms with Gasteiger partial charge in [0.1, 0.15) is 11.3 Å². The third-order valence-electron chi connectivity index (χ3n) is 5.12. The van der Waals surface area contributed by atoms with Gasteiger partial charge in [-0.2, -0.15) is 0 Å². The van der Waals surface area contributed by atoms with Crippen LogP contribution in [0.25, 0.3) is 27.6 Å². The molecule has 0 saturated carbocycles. The number of nitrogens with zero attached hydrogens (tertiary/aromatic N) is 4. The Morgan fingerprint density at radius 2 is 1.74 bits per heavy atom. The van der Waals surface area contributed by atoms with E-state index in [1.54, 1.807) is 12.3 Å². The summed E-state index contributed by atoms with van der Waals surface area (Å²) in [4.78, 5) is 4.85. The molecule has 0 saturated heterocycles. The average molecular weight is 404 g/mol. The van der Waals surface area contributed by atoms with Crippen molar-refractivity contribution < 1.29 is 0 Å². The molecule has 2 heterocycles. The largest absolute Gasteiger partial charge is 0.346 e. The number of pyridine rings is 1. The topological polar surface area (TPSA) is 79.5 Å². The highest BCUT2D eigenvalue weighted by molar-refractivity contribution is 5.85. The van der Waals surface area contributed by atoms with E-state index in [2.05, 4.69) is 39.9 Å². The minimum atomic E-state index is 0.751. The van der Waals surface area contributed by atoms with Crippen molar-refractivity contribution in [1.29, 1.82) is 5.41 Å². The summed E-state index contributed by atoms with van der Waals surface area (Å²) >= 11 is 0. The molecule has 0 aliphatic carbocycles. The fourth-order valence-electron chi connectivity index (χ4n) is 3.65. The van der Waals surface area contributed by atoms with Gasteiger partial charge in [0.05, 0.1) is 16.7 Å². The van der Waals surface area contributed by atoms with E-state index in [0.717, 1.165) is 45.4 Å². The van der Waals surface area contributed by atoms with Crippen molar-refractivity contribution in [1.82, 2.24) is 20.0 Å². The normalized spacial score (nSPS) is 11.4. The molecular formula is C25H20N6. The lowest BCUT2D eigenvalue weighted by Gasteiger charge is -2.12. The molecule has 0 fully saturated rings. The number of anilines is 1. The van der Waals surface area contributed by atoms with Crippen molar-refractivity contribution in [2.24, 2.45) is 0 Å². The molecule has 0 aliphatic rings. The zero-order chi connectivity index (χ0) is 21.0. The number of rotatable bonds is 6. The maximum atomic E-state index is 7.20. The zero-order valence-electron chi connectivity index (χ0n) is 16.7. The predicted octanol–water partition coefficient (Wildman–Crippen LogP) is 5.13. The molecule has 3 aromatic carbocycles. The highest BCUT2D eigenvalue weighted by Gasteiger charge is 2.10. The van der Waals surface area contributed by atoms with Gasteiger partial charge in [0, 0.05) is 24.2 Å². The van der Waals surface area contributed by atoms with Gasteiger partial charge < -0.3 is 10.7 Å². The molecule has 0 unspecified atom stereocenters. The lowest BCUT2D eigenvalue weighted by atomic mass is 10.0. The lowest BCUT2D eigenvalue weighted by Crippen LogP contribution is -2.01. The van der Waals surface area contributed by atoms with Crippen molar-refractivity contribution >= 4 is 34.0 Å². The Morgan fingerprint density at radius 3 is 2.61 bits per heavy atom. The van der Waals surface area contributed by atoms with Gasteiger partial charge in [0.25, 0.3) is 0 Å². The first kappa shape index (κ1) is 18.7. The number of hydrogen-bond acceptors (Lipinski definition) is 5. The smallest absolute Gasteiger partial charge is 0.134 e. The van der Waals surface area contributed by atoms with Crippen LogP contribution in [-0.4, -0.2) is 26.2 Å². The fraction of sp³-hybridized carbons (Fsp3) is 0.0400. The summed E-state index contributed by atoms with van der Waals surface area (Å²) in [5.74, 6) is 0.786. The molecule has 5 rings (SSSR count). The Bertz CT molecular complexity index is 1400. The van der Waals surface area contributed by atoms with Crippen LogP contribution < -0.4 is 5.32 Å². The van der Waals surface area contributed by atoms with Crippen LogP contribution >= 0.6 is 0 Å². The van der Waals surface area contributed by atoms with Crippen LogP contribution in [0.15, 0.2) is 91.1 Å². The van der Waals surface area contributed by atoms with Crippen molar-refractivity contribution in [3.05, 3.63) is 102 Å². The van der Waals surface area contributed by atoms with E-state index >= 15 is 0 Å². The van der Waals surface area contributed by atoms with Crippen LogP contribution in [0, 0.1) is 5.41 Å². The van der Waals surface area contributed by atoms with Gasteiger partial charge in [-0.15, -0.1) is 5.10 Å². The quantitative estimate of drug-likeness (QED) is 0.384. The van der Waals surface area contributed by atoms with E-state index in [1.807, 2.05) is 59.3 Å². The Labute approximate surface area is 179 Å². The number of fused-ring (bicyclic) bond motifs is 2. The molecule has 0 atom stereocenters. The third-order valence-corrected chi connectivity index (χ3v) is 5.12. The SMILES string of the molecule is N=C/C=C\Nc1nc2ccc(-n3nnc4ccccc43)cc2cc1Cc1ccccc1. The van der Waals surface area contributed by atoms with E-state index in [4.69, 9.17) is 10.4 Å². The van der Waals surface area contributed by atoms with E-state index in [-0.39, 0.29) is 0 Å². The van der Waals surface area contributed by atoms with Gasteiger partial charge in [-0.3, -0.25) is 0 Å². The van der Waals surface area contributed by atoms with Crippen LogP contribution in [0.2, 0.25) is 0 Å². The first-order valence-electron chi connectivity index (χ1n) is 10.0. The van der Waals surface area contributed by atoms with Gasteiger partial charge in [0.15, 0.2) is 0 Å². The number of aromatic nitrogens is 4. The molecule has 0 bridgehead atoms. The van der Waals surface area contributed by atoms with Crippen molar-refractivity contribution in [3.8, 4) is 5.69 Å². The molecule has 0 radical (unpaired) electrons. The lowest BCUT2D eigenvalue weighted by molar-refractivity contribution is 0.825. The Morgan fingerprint density at radius 1 is 0.903 bits per heavy atom. The molecule has 6 heteroatoms. The molecule has 2 aromatic heterocycles. The van der Waals surface area contributed by atoms with Crippen LogP contribution in [0.5, 0.6) is 0 Å². The summed E-state index contributed by atoms with van der Waals surface area (Å²) < 4.78 is 1.85. The fourth-order valence-corrected chi connectivity index (χ4v) is 3.65. The molecule has 0 amide bonds. The second-order valence-electron chi connectivity index (χ2n) is 7.20. The van der Waals surface area contributed by atoms with Crippen LogP contribution in [0.1, 0.15) is 11.1 Å². The Balaban J connectivity index is 1.61. The summed E-state index contributed by atoms with van der Waals surface area (Å²) in [5.41, 5.74) is 5.95. The number of nitrogens with one attached hydrogen (secondary N) is 2. The molecule has 0 spiro atoms. The molecule has 6 nitrogen and oxygen atoms in total. The van der Waals surface area contributed by atoms with Crippen molar-refractivity contribution in [2.45, 2.75) is 6.42 Å². The standard InChI is InChI=1S/C25H20N6/c26-13-6-14-27-25-20(15-18-7-2-1-3-8-18)16-19-17-21(11-12-22(19)28-25)31-24-10-5-4-9-23(24)29-30-31/h1-14,16-17,26H,15H2,(H,27,28)/b14-6-,26-13?. The van der Waals surface area contributed by atoms with E-state index in [9.17, 15) is 0 Å². The van der Waals surface area contributed by atoms with Crippen molar-refractivity contribution in [3.63, 3.8) is 0 Å². The zero-order valence-corrected chi connectivity index (χ0v) is 16.7. The highest BCUT2D eigenvalue weighted by Crippen LogP contribution is 2.26. The second-order valence-corrected chi connectivity index (χ2v) is 7.20. The molecule has 31 heavy (non-hydrogen) atoms. The maximum Gasteiger partial charge on any atom is 0.134 e. The van der Waals surface area contributed by atoms with Crippen LogP contribution in [-0.2, 0) is 6.42 Å². The molecule has 0 aliphatic heterocycles. The summed E-state index contributed by atoms with van der Waals surface area (Å²) in [6.45, 7) is 0. The highest BCUT2D eigenvalue weighted by atomic mass is 15.4. The van der Waals surface area contributed by atoms with Gasteiger partial charge in [-0.25, -0.2) is 9.67 Å². The molecular weight excluding hydrogens is 384 g/mol. The Kier molecular flexibility index (Phi) is 4.94. The first-order chi connectivity index (χ1) is 15.3. The van der Waals surface area contributed by atoms with Crippen LogP contribution in [0.4, 0.5) is 5.82 Å². The minimum Gasteiger partial charge on any atom is -0.346 e. The molecule has 150 valence electrons. The monoisotopic (exact) mass is 404 g/mol. The van der Waals surface area contributed by atoms with Gasteiger partial charge >= 0.3 is 0 Å². The Hall–Kier alpha value is -4.32. The van der Waals surface area contributed by atoms with Gasteiger partial charge in [-0.1, -0.05) is 47.7 Å². The maximum absolute atomic E-state index is 7.20. The van der Waals surface area contributed by atoms with Gasteiger partial charge in [0.2, 0.25) is 0 Å². The summed E-state index contributed by atoms with van der Waals surface area (Å²) in [7, 11) is 0. The van der Waals surface area contributed by atoms with E-state index in [0.29, 0.717) is 0 Å². The van der Waals surface area contributed by atoms with Gasteiger partial charge in [-0.05, 0) is 53.6 Å². The predicted molar refractivity (Wildman–Crippen MR) is 125 cm³/mol. The van der Waals surface area contributed by atoms with Crippen LogP contribution in [0.3, 0.4) is 0 Å². The second kappa shape index (κ2) is 8.20. The minimum absolute atomic E-state index is 0.751. The summed E-state index contributed by atoms with van der Waals surface area (Å²) in [6.07, 6.45) is 5.35. The number of para-hydroxylation sites is 1. The van der Waals surface area contributed by atoms with E-state index < -0.39 is 0 Å². The van der Waals surface area contributed by atoms with Crippen molar-refractivity contribution in [2.75, 3.05) is 5.32 Å². The molecule has 2 N–H and O–H groups in total. The summed E-state index contributed by atoms with van der Waals surface area (Å²) in [5, 5.41) is 20.1. The number of hydrogen-bond donors (Lipinski definition) is 2. The number of allylic oxidation sites excluding steroid dienone is 1. The number of benzene rings is 3. The van der Waals surface area contributed by atoms with E-state index in [1.165, 1.54) is 11.8 Å².